The summed E-state index contributed by atoms with van der Waals surface area (Å²) in [5.74, 6) is 0. The smallest absolute Gasteiger partial charge is 0.180 e. The molecule has 2 rings (SSSR count). The average molecular weight is 265 g/mol. The van der Waals surface area contributed by atoms with Crippen molar-refractivity contribution in [3.05, 3.63) is 10.6 Å². The van der Waals surface area contributed by atoms with Crippen LogP contribution in [-0.4, -0.2) is 34.0 Å². The third-order valence-corrected chi connectivity index (χ3v) is 3.59. The van der Waals surface area contributed by atoms with Crippen LogP contribution in [-0.2, 0) is 12.8 Å². The molecule has 102 valence electrons. The van der Waals surface area contributed by atoms with Crippen LogP contribution in [0.2, 0.25) is 0 Å². The Morgan fingerprint density at radius 1 is 1.41 bits per heavy atom. The maximum Gasteiger partial charge on any atom is 0.180 e. The Kier molecular flexibility index (Phi) is 9.18. The molecule has 0 spiro atoms. The van der Waals surface area contributed by atoms with Crippen LogP contribution in [0, 0.1) is 0 Å². The molecule has 1 atom stereocenters. The van der Waals surface area contributed by atoms with Crippen molar-refractivity contribution < 1.29 is 16.4 Å². The number of hydrogen-bond acceptors (Lipinski definition) is 4. The van der Waals surface area contributed by atoms with Gasteiger partial charge >= 0.3 is 0 Å². The first-order chi connectivity index (χ1) is 6.79. The fourth-order valence-electron chi connectivity index (χ4n) is 1.92. The molecule has 0 saturated heterocycles. The lowest BCUT2D eigenvalue weighted by molar-refractivity contribution is 0.460. The van der Waals surface area contributed by atoms with Gasteiger partial charge in [-0.2, -0.15) is 0 Å². The molecule has 0 aromatic carbocycles. The van der Waals surface area contributed by atoms with Crippen molar-refractivity contribution in [3.63, 3.8) is 0 Å². The van der Waals surface area contributed by atoms with Crippen LogP contribution in [0.3, 0.4) is 0 Å². The number of nitrogen functional groups attached to an aromatic ring is 1. The molecule has 1 aliphatic rings. The van der Waals surface area contributed by atoms with Gasteiger partial charge in [0.1, 0.15) is 0 Å². The van der Waals surface area contributed by atoms with Crippen LogP contribution in [0.5, 0.6) is 0 Å². The molecule has 17 heavy (non-hydrogen) atoms. The van der Waals surface area contributed by atoms with Gasteiger partial charge in [-0.15, -0.1) is 11.3 Å². The van der Waals surface area contributed by atoms with E-state index in [0.29, 0.717) is 6.04 Å². The molecule has 0 radical (unpaired) electrons. The van der Waals surface area contributed by atoms with Crippen LogP contribution in [0.25, 0.3) is 0 Å². The van der Waals surface area contributed by atoms with Crippen LogP contribution >= 0.6 is 11.3 Å². The Morgan fingerprint density at radius 3 is 2.76 bits per heavy atom. The van der Waals surface area contributed by atoms with Crippen molar-refractivity contribution in [2.24, 2.45) is 0 Å². The van der Waals surface area contributed by atoms with Crippen LogP contribution in [0.4, 0.5) is 5.13 Å². The second kappa shape index (κ2) is 8.37. The first-order valence-electron chi connectivity index (χ1n) is 5.27. The van der Waals surface area contributed by atoms with Crippen molar-refractivity contribution in [1.82, 2.24) is 10.3 Å². The van der Waals surface area contributed by atoms with Crippen molar-refractivity contribution in [2.45, 2.75) is 38.6 Å². The molecule has 0 saturated carbocycles. The summed E-state index contributed by atoms with van der Waals surface area (Å²) in [6.07, 6.45) is 4.61. The van der Waals surface area contributed by atoms with Gasteiger partial charge in [0.05, 0.1) is 5.69 Å². The predicted molar refractivity (Wildman–Crippen MR) is 71.5 cm³/mol. The number of rotatable bonds is 3. The van der Waals surface area contributed by atoms with Crippen molar-refractivity contribution >= 4 is 16.5 Å². The van der Waals surface area contributed by atoms with Crippen LogP contribution in [0.1, 0.15) is 30.3 Å². The summed E-state index contributed by atoms with van der Waals surface area (Å²) in [7, 11) is 0. The Hall–Kier alpha value is -0.730. The van der Waals surface area contributed by atoms with E-state index in [1.54, 1.807) is 11.3 Å². The van der Waals surface area contributed by atoms with E-state index in [1.807, 2.05) is 0 Å². The third kappa shape index (κ3) is 4.57. The van der Waals surface area contributed by atoms with E-state index >= 15 is 0 Å². The molecular formula is C10H23N3O3S. The molecule has 7 heteroatoms. The quantitative estimate of drug-likeness (QED) is 0.730. The molecule has 1 heterocycles. The minimum atomic E-state index is 0. The Bertz CT molecular complexity index is 320. The highest BCUT2D eigenvalue weighted by molar-refractivity contribution is 7.15. The molecular weight excluding hydrogens is 242 g/mol. The molecule has 0 aliphatic heterocycles. The normalized spacial score (nSPS) is 17.1. The highest BCUT2D eigenvalue weighted by atomic mass is 32.1. The van der Waals surface area contributed by atoms with Gasteiger partial charge in [0.25, 0.3) is 0 Å². The van der Waals surface area contributed by atoms with E-state index in [4.69, 9.17) is 5.73 Å². The number of aryl methyl sites for hydroxylation is 1. The van der Waals surface area contributed by atoms with E-state index in [9.17, 15) is 0 Å². The number of hydrogen-bond donors (Lipinski definition) is 2. The minimum absolute atomic E-state index is 0. The fraction of sp³-hybridized carbons (Fsp3) is 0.700. The average Bonchev–Trinajstić information content (AvgIpc) is 2.54. The zero-order chi connectivity index (χ0) is 9.97. The highest BCUT2D eigenvalue weighted by Gasteiger charge is 2.21. The summed E-state index contributed by atoms with van der Waals surface area (Å²) in [6, 6.07) is 0.641. The molecule has 0 bridgehead atoms. The summed E-state index contributed by atoms with van der Waals surface area (Å²) < 4.78 is 0. The lowest BCUT2D eigenvalue weighted by Gasteiger charge is -2.21. The van der Waals surface area contributed by atoms with Gasteiger partial charge in [-0.05, 0) is 32.2 Å². The van der Waals surface area contributed by atoms with Gasteiger partial charge in [-0.25, -0.2) is 4.98 Å². The number of aromatic nitrogens is 1. The Balaban J connectivity index is 0. The largest absolute Gasteiger partial charge is 0.412 e. The number of nitrogens with zero attached hydrogens (tertiary/aromatic N) is 1. The van der Waals surface area contributed by atoms with Gasteiger partial charge in [0, 0.05) is 10.9 Å². The standard InChI is InChI=1S/C10H17N3S.3H2O/c1-2-5-12-7-3-4-8-9(6-7)14-10(11)13-8;;;/h7,12H,2-6H2,1H3,(H2,11,13);3*1H2/t7-;;;/m0.../s1. The van der Waals surface area contributed by atoms with Crippen LogP contribution < -0.4 is 11.1 Å². The van der Waals surface area contributed by atoms with Crippen molar-refractivity contribution in [3.8, 4) is 0 Å². The SMILES string of the molecule is CCCN[C@H]1CCc2nc(N)sc2C1.O.O.O. The first-order valence-corrected chi connectivity index (χ1v) is 6.08. The Labute approximate surface area is 105 Å². The van der Waals surface area contributed by atoms with Crippen molar-refractivity contribution in [2.75, 3.05) is 12.3 Å². The molecule has 0 fully saturated rings. The molecule has 1 aromatic heterocycles. The minimum Gasteiger partial charge on any atom is -0.412 e. The lowest BCUT2D eigenvalue weighted by Crippen LogP contribution is -2.34. The second-order valence-electron chi connectivity index (χ2n) is 3.82. The zero-order valence-electron chi connectivity index (χ0n) is 10.0. The highest BCUT2D eigenvalue weighted by Crippen LogP contribution is 2.27. The summed E-state index contributed by atoms with van der Waals surface area (Å²) in [5, 5.41) is 4.29. The predicted octanol–water partition coefficient (Wildman–Crippen LogP) is -0.892. The van der Waals surface area contributed by atoms with Gasteiger partial charge in [0.2, 0.25) is 0 Å². The summed E-state index contributed by atoms with van der Waals surface area (Å²) in [4.78, 5) is 5.73. The number of fused-ring (bicyclic) bond motifs is 1. The maximum absolute atomic E-state index is 5.69. The van der Waals surface area contributed by atoms with E-state index in [1.165, 1.54) is 23.4 Å². The molecule has 0 amide bonds. The number of thiazole rings is 1. The summed E-state index contributed by atoms with van der Waals surface area (Å²) in [6.45, 7) is 3.32. The second-order valence-corrected chi connectivity index (χ2v) is 4.93. The van der Waals surface area contributed by atoms with Gasteiger partial charge in [0.15, 0.2) is 5.13 Å². The van der Waals surface area contributed by atoms with E-state index in [2.05, 4.69) is 17.2 Å². The topological polar surface area (TPSA) is 145 Å². The van der Waals surface area contributed by atoms with E-state index in [-0.39, 0.29) is 16.4 Å². The van der Waals surface area contributed by atoms with Gasteiger partial charge in [-0.1, -0.05) is 6.92 Å². The number of nitrogens with one attached hydrogen (secondary N) is 1. The number of nitrogens with two attached hydrogens (primary N) is 1. The molecule has 1 aromatic rings. The molecule has 1 aliphatic carbocycles. The zero-order valence-corrected chi connectivity index (χ0v) is 10.9. The number of anilines is 1. The van der Waals surface area contributed by atoms with Gasteiger partial charge < -0.3 is 27.5 Å². The van der Waals surface area contributed by atoms with Crippen LogP contribution in [0.15, 0.2) is 0 Å². The van der Waals surface area contributed by atoms with Crippen molar-refractivity contribution in [1.29, 1.82) is 0 Å². The monoisotopic (exact) mass is 265 g/mol. The molecule has 0 unspecified atom stereocenters. The summed E-state index contributed by atoms with van der Waals surface area (Å²) >= 11 is 1.65. The van der Waals surface area contributed by atoms with E-state index in [0.717, 1.165) is 24.5 Å². The van der Waals surface area contributed by atoms with Gasteiger partial charge in [-0.3, -0.25) is 0 Å². The molecule has 6 nitrogen and oxygen atoms in total. The summed E-state index contributed by atoms with van der Waals surface area (Å²) in [5.41, 5.74) is 6.93. The third-order valence-electron chi connectivity index (χ3n) is 2.64. The Morgan fingerprint density at radius 2 is 2.12 bits per heavy atom. The fourth-order valence-corrected chi connectivity index (χ4v) is 2.88. The lowest BCUT2D eigenvalue weighted by atomic mass is 9.98. The first kappa shape index (κ1) is 18.6. The maximum atomic E-state index is 5.69. The van der Waals surface area contributed by atoms with E-state index < -0.39 is 0 Å². The molecule has 9 N–H and O–H groups in total.